The summed E-state index contributed by atoms with van der Waals surface area (Å²) in [4.78, 5) is 55.8. The van der Waals surface area contributed by atoms with Crippen LogP contribution in [0.4, 0.5) is 0 Å². The fraction of sp³-hybridized carbons (Fsp3) is 0.0690. The Kier molecular flexibility index (Phi) is 6.19. The lowest BCUT2D eigenvalue weighted by molar-refractivity contribution is 0.0474. The minimum absolute atomic E-state index is 0.0809. The summed E-state index contributed by atoms with van der Waals surface area (Å²) in [5.74, 6) is -2.04. The minimum atomic E-state index is -0.752. The number of benzene rings is 3. The first-order chi connectivity index (χ1) is 17.5. The van der Waals surface area contributed by atoms with E-state index in [1.165, 1.54) is 18.2 Å². The predicted molar refractivity (Wildman–Crippen MR) is 131 cm³/mol. The zero-order chi connectivity index (χ0) is 25.1. The van der Waals surface area contributed by atoms with Crippen LogP contribution in [-0.4, -0.2) is 40.1 Å². The van der Waals surface area contributed by atoms with Crippen LogP contribution >= 0.6 is 0 Å². The Morgan fingerprint density at radius 2 is 1.44 bits per heavy atom. The molecule has 0 spiro atoms. The molecule has 0 radical (unpaired) electrons. The van der Waals surface area contributed by atoms with Crippen molar-refractivity contribution in [2.24, 2.45) is 0 Å². The molecule has 0 saturated carbocycles. The number of imide groups is 1. The Balaban J connectivity index is 1.23. The number of hydrogen-bond donors (Lipinski definition) is 0. The van der Waals surface area contributed by atoms with Crippen molar-refractivity contribution in [1.82, 2.24) is 9.88 Å². The van der Waals surface area contributed by atoms with Crippen LogP contribution in [0.3, 0.4) is 0 Å². The summed E-state index contributed by atoms with van der Waals surface area (Å²) in [7, 11) is 0. The second-order valence-electron chi connectivity index (χ2n) is 8.26. The number of amides is 2. The third-order valence-electron chi connectivity index (χ3n) is 5.92. The van der Waals surface area contributed by atoms with Crippen molar-refractivity contribution in [3.05, 3.63) is 125 Å². The van der Waals surface area contributed by atoms with Crippen LogP contribution in [0, 0.1) is 0 Å². The maximum Gasteiger partial charge on any atom is 0.338 e. The molecular formula is C29H20N2O5. The zero-order valence-corrected chi connectivity index (χ0v) is 19.1. The lowest BCUT2D eigenvalue weighted by Crippen LogP contribution is -2.29. The van der Waals surface area contributed by atoms with E-state index >= 15 is 0 Å². The van der Waals surface area contributed by atoms with Crippen LogP contribution in [0.2, 0.25) is 0 Å². The van der Waals surface area contributed by atoms with Crippen molar-refractivity contribution < 1.29 is 23.9 Å². The number of carbonyl (C=O) groups is 4. The number of Topliss-reactive ketones (excluding diaryl/α,β-unsaturated/α-hetero) is 1. The fourth-order valence-electron chi connectivity index (χ4n) is 4.01. The van der Waals surface area contributed by atoms with Crippen LogP contribution in [0.1, 0.15) is 47.0 Å². The fourth-order valence-corrected chi connectivity index (χ4v) is 4.01. The van der Waals surface area contributed by atoms with Crippen LogP contribution in [0.15, 0.2) is 97.3 Å². The molecule has 2 heterocycles. The highest BCUT2D eigenvalue weighted by Crippen LogP contribution is 2.26. The van der Waals surface area contributed by atoms with E-state index in [0.29, 0.717) is 11.1 Å². The highest BCUT2D eigenvalue weighted by atomic mass is 16.5. The number of ketones is 1. The summed E-state index contributed by atoms with van der Waals surface area (Å²) in [6, 6.07) is 24.5. The molecule has 7 nitrogen and oxygen atoms in total. The van der Waals surface area contributed by atoms with E-state index < -0.39 is 24.4 Å². The number of pyridine rings is 1. The normalized spacial score (nSPS) is 12.4. The lowest BCUT2D eigenvalue weighted by atomic mass is 10.0. The summed E-state index contributed by atoms with van der Waals surface area (Å²) in [5, 5.41) is 0. The van der Waals surface area contributed by atoms with Crippen molar-refractivity contribution in [3.8, 4) is 11.1 Å². The Labute approximate surface area is 207 Å². The minimum Gasteiger partial charge on any atom is -0.454 e. The van der Waals surface area contributed by atoms with Crippen LogP contribution in [-0.2, 0) is 11.3 Å². The molecule has 5 rings (SSSR count). The standard InChI is InChI=1S/C29H20N2O5/c32-26(22-10-8-21(9-11-22)20-6-2-1-3-7-20)18-36-29(35)23-12-13-24-25(15-23)28(34)31(27(24)33)17-19-5-4-14-30-16-19/h1-16H,17-18H2. The van der Waals surface area contributed by atoms with E-state index in [9.17, 15) is 19.2 Å². The average molecular weight is 476 g/mol. The number of esters is 1. The molecular weight excluding hydrogens is 456 g/mol. The Hall–Kier alpha value is -4.91. The van der Waals surface area contributed by atoms with Crippen molar-refractivity contribution in [3.63, 3.8) is 0 Å². The van der Waals surface area contributed by atoms with Gasteiger partial charge in [0.05, 0.1) is 23.2 Å². The summed E-state index contributed by atoms with van der Waals surface area (Å²) in [6.07, 6.45) is 3.19. The van der Waals surface area contributed by atoms with Gasteiger partial charge in [0.1, 0.15) is 0 Å². The van der Waals surface area contributed by atoms with Gasteiger partial charge in [-0.2, -0.15) is 0 Å². The van der Waals surface area contributed by atoms with Crippen molar-refractivity contribution in [1.29, 1.82) is 0 Å². The molecule has 1 aliphatic heterocycles. The van der Waals surface area contributed by atoms with Crippen molar-refractivity contribution in [2.45, 2.75) is 6.54 Å². The molecule has 0 unspecified atom stereocenters. The number of ether oxygens (including phenoxy) is 1. The van der Waals surface area contributed by atoms with Gasteiger partial charge in [-0.05, 0) is 41.0 Å². The van der Waals surface area contributed by atoms with Crippen molar-refractivity contribution >= 4 is 23.6 Å². The van der Waals surface area contributed by atoms with Gasteiger partial charge >= 0.3 is 5.97 Å². The third kappa shape index (κ3) is 4.54. The summed E-state index contributed by atoms with van der Waals surface area (Å²) in [5.41, 5.74) is 3.57. The van der Waals surface area contributed by atoms with Gasteiger partial charge in [-0.3, -0.25) is 24.3 Å². The molecule has 0 aliphatic carbocycles. The quantitative estimate of drug-likeness (QED) is 0.220. The SMILES string of the molecule is O=C(COC(=O)c1ccc2c(c1)C(=O)N(Cc1cccnc1)C2=O)c1ccc(-c2ccccc2)cc1. The van der Waals surface area contributed by atoms with Crippen LogP contribution < -0.4 is 0 Å². The number of nitrogens with zero attached hydrogens (tertiary/aromatic N) is 2. The number of hydrogen-bond acceptors (Lipinski definition) is 6. The number of rotatable bonds is 7. The summed E-state index contributed by atoms with van der Waals surface area (Å²) in [6.45, 7) is -0.363. The summed E-state index contributed by atoms with van der Waals surface area (Å²) < 4.78 is 5.20. The Morgan fingerprint density at radius 3 is 2.17 bits per heavy atom. The first-order valence-corrected chi connectivity index (χ1v) is 11.3. The molecule has 0 fully saturated rings. The first-order valence-electron chi connectivity index (χ1n) is 11.3. The van der Waals surface area contributed by atoms with Gasteiger partial charge in [0, 0.05) is 18.0 Å². The van der Waals surface area contributed by atoms with E-state index in [1.54, 1.807) is 36.7 Å². The third-order valence-corrected chi connectivity index (χ3v) is 5.92. The largest absolute Gasteiger partial charge is 0.454 e. The van der Waals surface area contributed by atoms with Gasteiger partial charge in [0.25, 0.3) is 11.8 Å². The van der Waals surface area contributed by atoms with Gasteiger partial charge in [0.15, 0.2) is 12.4 Å². The second kappa shape index (κ2) is 9.76. The highest BCUT2D eigenvalue weighted by molar-refractivity contribution is 6.21. The predicted octanol–water partition coefficient (Wildman–Crippen LogP) is 4.58. The maximum atomic E-state index is 12.8. The summed E-state index contributed by atoms with van der Waals surface area (Å²) >= 11 is 0. The lowest BCUT2D eigenvalue weighted by Gasteiger charge is -2.13. The van der Waals surface area contributed by atoms with E-state index in [2.05, 4.69) is 4.98 Å². The van der Waals surface area contributed by atoms with Crippen LogP contribution in [0.5, 0.6) is 0 Å². The van der Waals surface area contributed by atoms with E-state index in [4.69, 9.17) is 4.74 Å². The van der Waals surface area contributed by atoms with Gasteiger partial charge < -0.3 is 4.74 Å². The van der Waals surface area contributed by atoms with E-state index in [-0.39, 0.29) is 29.0 Å². The van der Waals surface area contributed by atoms with Gasteiger partial charge in [-0.1, -0.05) is 60.7 Å². The van der Waals surface area contributed by atoms with Gasteiger partial charge in [0.2, 0.25) is 0 Å². The molecule has 2 amide bonds. The second-order valence-corrected chi connectivity index (χ2v) is 8.26. The zero-order valence-electron chi connectivity index (χ0n) is 19.1. The number of carbonyl (C=O) groups excluding carboxylic acids is 4. The molecule has 0 N–H and O–H groups in total. The molecule has 3 aromatic carbocycles. The first kappa shape index (κ1) is 22.9. The van der Waals surface area contributed by atoms with Crippen LogP contribution in [0.25, 0.3) is 11.1 Å². The van der Waals surface area contributed by atoms with E-state index in [0.717, 1.165) is 16.0 Å². The molecule has 0 atom stereocenters. The Morgan fingerprint density at radius 1 is 0.750 bits per heavy atom. The molecule has 0 bridgehead atoms. The van der Waals surface area contributed by atoms with Gasteiger partial charge in [-0.15, -0.1) is 0 Å². The monoisotopic (exact) mass is 476 g/mol. The molecule has 0 saturated heterocycles. The number of fused-ring (bicyclic) bond motifs is 1. The molecule has 36 heavy (non-hydrogen) atoms. The molecule has 4 aromatic rings. The van der Waals surface area contributed by atoms with Crippen molar-refractivity contribution in [2.75, 3.05) is 6.61 Å². The molecule has 176 valence electrons. The van der Waals surface area contributed by atoms with Gasteiger partial charge in [-0.25, -0.2) is 4.79 Å². The average Bonchev–Trinajstić information content (AvgIpc) is 3.17. The van der Waals surface area contributed by atoms with E-state index in [1.807, 2.05) is 42.5 Å². The molecule has 1 aromatic heterocycles. The molecule has 1 aliphatic rings. The highest BCUT2D eigenvalue weighted by Gasteiger charge is 2.36. The topological polar surface area (TPSA) is 93.6 Å². The Bertz CT molecular complexity index is 1470. The number of aromatic nitrogens is 1. The smallest absolute Gasteiger partial charge is 0.338 e. The molecule has 7 heteroatoms. The maximum absolute atomic E-state index is 12.8.